The number of methoxy groups -OCH3 is 1. The van der Waals surface area contributed by atoms with Gasteiger partial charge in [-0.3, -0.25) is 4.84 Å². The quantitative estimate of drug-likeness (QED) is 0.473. The van der Waals surface area contributed by atoms with Crippen LogP contribution in [0.5, 0.6) is 0 Å². The summed E-state index contributed by atoms with van der Waals surface area (Å²) in [6.45, 7) is 0.394. The SMILES string of the molecule is COC(=O)C1(O)CCNOC1. The van der Waals surface area contributed by atoms with Gasteiger partial charge in [-0.1, -0.05) is 0 Å². The molecule has 1 aliphatic heterocycles. The minimum atomic E-state index is -1.46. The molecule has 1 aliphatic rings. The van der Waals surface area contributed by atoms with Gasteiger partial charge in [-0.05, 0) is 0 Å². The van der Waals surface area contributed by atoms with Crippen molar-refractivity contribution < 1.29 is 19.5 Å². The number of hydroxylamine groups is 1. The van der Waals surface area contributed by atoms with Gasteiger partial charge in [-0.2, -0.15) is 0 Å². The minimum Gasteiger partial charge on any atom is -0.467 e. The summed E-state index contributed by atoms with van der Waals surface area (Å²) in [5, 5.41) is 9.50. The molecule has 0 aromatic rings. The molecule has 1 unspecified atom stereocenters. The molecule has 0 radical (unpaired) electrons. The number of ether oxygens (including phenoxy) is 1. The predicted molar refractivity (Wildman–Crippen MR) is 35.5 cm³/mol. The Morgan fingerprint density at radius 2 is 2.55 bits per heavy atom. The van der Waals surface area contributed by atoms with Crippen molar-refractivity contribution >= 4 is 5.97 Å². The molecule has 0 aromatic carbocycles. The van der Waals surface area contributed by atoms with E-state index in [4.69, 9.17) is 4.84 Å². The lowest BCUT2D eigenvalue weighted by atomic mass is 10.0. The molecule has 0 aromatic heterocycles. The van der Waals surface area contributed by atoms with Crippen molar-refractivity contribution in [3.63, 3.8) is 0 Å². The largest absolute Gasteiger partial charge is 0.467 e. The summed E-state index contributed by atoms with van der Waals surface area (Å²) in [5.74, 6) is -0.640. The van der Waals surface area contributed by atoms with Gasteiger partial charge in [-0.25, -0.2) is 10.3 Å². The normalized spacial score (nSPS) is 31.5. The first-order valence-electron chi connectivity index (χ1n) is 3.34. The fraction of sp³-hybridized carbons (Fsp3) is 0.833. The highest BCUT2D eigenvalue weighted by Crippen LogP contribution is 2.14. The molecule has 1 heterocycles. The van der Waals surface area contributed by atoms with Crippen molar-refractivity contribution in [2.45, 2.75) is 12.0 Å². The number of hydrogen-bond donors (Lipinski definition) is 2. The molecule has 2 N–H and O–H groups in total. The van der Waals surface area contributed by atoms with Gasteiger partial charge in [-0.15, -0.1) is 0 Å². The zero-order valence-electron chi connectivity index (χ0n) is 6.29. The number of hydrogen-bond acceptors (Lipinski definition) is 5. The first-order chi connectivity index (χ1) is 5.19. The number of carbonyl (C=O) groups excluding carboxylic acids is 1. The number of esters is 1. The Bertz CT molecular complexity index is 153. The Kier molecular flexibility index (Phi) is 2.43. The summed E-state index contributed by atoms with van der Waals surface area (Å²) < 4.78 is 4.40. The minimum absolute atomic E-state index is 0.0559. The van der Waals surface area contributed by atoms with E-state index < -0.39 is 11.6 Å². The maximum atomic E-state index is 10.9. The second-order valence-electron chi connectivity index (χ2n) is 2.46. The van der Waals surface area contributed by atoms with E-state index in [1.54, 1.807) is 0 Å². The molecule has 5 nitrogen and oxygen atoms in total. The Balaban J connectivity index is 2.56. The molecular weight excluding hydrogens is 150 g/mol. The first kappa shape index (κ1) is 8.45. The average Bonchev–Trinajstić information content (AvgIpc) is 2.04. The van der Waals surface area contributed by atoms with Gasteiger partial charge in [0, 0.05) is 13.0 Å². The van der Waals surface area contributed by atoms with Crippen LogP contribution in [0, 0.1) is 0 Å². The third kappa shape index (κ3) is 1.68. The van der Waals surface area contributed by atoms with Gasteiger partial charge in [0.15, 0.2) is 5.60 Å². The zero-order valence-corrected chi connectivity index (χ0v) is 6.29. The van der Waals surface area contributed by atoms with Gasteiger partial charge in [0.2, 0.25) is 0 Å². The molecule has 0 saturated carbocycles. The Morgan fingerprint density at radius 1 is 1.82 bits per heavy atom. The number of rotatable bonds is 1. The fourth-order valence-electron chi connectivity index (χ4n) is 0.924. The van der Waals surface area contributed by atoms with E-state index in [0.29, 0.717) is 13.0 Å². The van der Waals surface area contributed by atoms with Gasteiger partial charge in [0.25, 0.3) is 0 Å². The number of aliphatic hydroxyl groups is 1. The van der Waals surface area contributed by atoms with E-state index in [0.717, 1.165) is 0 Å². The van der Waals surface area contributed by atoms with Crippen molar-refractivity contribution in [2.75, 3.05) is 20.3 Å². The van der Waals surface area contributed by atoms with Crippen LogP contribution >= 0.6 is 0 Å². The highest BCUT2D eigenvalue weighted by atomic mass is 16.7. The lowest BCUT2D eigenvalue weighted by Crippen LogP contribution is -2.51. The maximum absolute atomic E-state index is 10.9. The van der Waals surface area contributed by atoms with Crippen LogP contribution in [0.2, 0.25) is 0 Å². The summed E-state index contributed by atoms with van der Waals surface area (Å²) in [6, 6.07) is 0. The maximum Gasteiger partial charge on any atom is 0.340 e. The van der Waals surface area contributed by atoms with Gasteiger partial charge >= 0.3 is 5.97 Å². The smallest absolute Gasteiger partial charge is 0.340 e. The summed E-state index contributed by atoms with van der Waals surface area (Å²) in [7, 11) is 1.24. The average molecular weight is 161 g/mol. The van der Waals surface area contributed by atoms with Gasteiger partial charge in [0.05, 0.1) is 7.11 Å². The molecule has 1 atom stereocenters. The van der Waals surface area contributed by atoms with E-state index >= 15 is 0 Å². The van der Waals surface area contributed by atoms with Crippen LogP contribution in [0.15, 0.2) is 0 Å². The number of nitrogens with one attached hydrogen (secondary N) is 1. The molecule has 1 rings (SSSR count). The Morgan fingerprint density at radius 3 is 3.00 bits per heavy atom. The molecule has 1 saturated heterocycles. The molecule has 0 spiro atoms. The Labute approximate surface area is 64.2 Å². The Hall–Kier alpha value is -0.650. The van der Waals surface area contributed by atoms with Crippen LogP contribution in [0.25, 0.3) is 0 Å². The highest BCUT2D eigenvalue weighted by molar-refractivity contribution is 5.79. The van der Waals surface area contributed by atoms with E-state index in [1.165, 1.54) is 7.11 Å². The van der Waals surface area contributed by atoms with Crippen LogP contribution in [-0.2, 0) is 14.4 Å². The molecule has 0 bridgehead atoms. The molecule has 0 aliphatic carbocycles. The van der Waals surface area contributed by atoms with Crippen molar-refractivity contribution in [3.8, 4) is 0 Å². The lowest BCUT2D eigenvalue weighted by Gasteiger charge is -2.28. The topological polar surface area (TPSA) is 67.8 Å². The summed E-state index contributed by atoms with van der Waals surface area (Å²) >= 11 is 0. The van der Waals surface area contributed by atoms with E-state index in [-0.39, 0.29) is 6.61 Å². The molecule has 0 amide bonds. The van der Waals surface area contributed by atoms with Crippen molar-refractivity contribution in [3.05, 3.63) is 0 Å². The lowest BCUT2D eigenvalue weighted by molar-refractivity contribution is -0.182. The van der Waals surface area contributed by atoms with Crippen LogP contribution in [0.3, 0.4) is 0 Å². The second-order valence-corrected chi connectivity index (χ2v) is 2.46. The van der Waals surface area contributed by atoms with E-state index in [1.807, 2.05) is 0 Å². The summed E-state index contributed by atoms with van der Waals surface area (Å²) in [4.78, 5) is 15.6. The fourth-order valence-corrected chi connectivity index (χ4v) is 0.924. The third-order valence-corrected chi connectivity index (χ3v) is 1.62. The highest BCUT2D eigenvalue weighted by Gasteiger charge is 2.39. The van der Waals surface area contributed by atoms with E-state index in [2.05, 4.69) is 10.2 Å². The second kappa shape index (κ2) is 3.17. The van der Waals surface area contributed by atoms with Gasteiger partial charge < -0.3 is 9.84 Å². The van der Waals surface area contributed by atoms with Crippen LogP contribution in [0.1, 0.15) is 6.42 Å². The zero-order chi connectivity index (χ0) is 8.32. The molecular formula is C6H11NO4. The summed E-state index contributed by atoms with van der Waals surface area (Å²) in [5.41, 5.74) is 1.09. The van der Waals surface area contributed by atoms with Crippen molar-refractivity contribution in [1.82, 2.24) is 5.48 Å². The predicted octanol–water partition coefficient (Wildman–Crippen LogP) is -1.18. The molecule has 11 heavy (non-hydrogen) atoms. The first-order valence-corrected chi connectivity index (χ1v) is 3.34. The van der Waals surface area contributed by atoms with Crippen LogP contribution < -0.4 is 5.48 Å². The molecule has 1 fully saturated rings. The molecule has 64 valence electrons. The third-order valence-electron chi connectivity index (χ3n) is 1.62. The standard InChI is InChI=1S/C6H11NO4/c1-10-5(8)6(9)2-3-7-11-4-6/h7,9H,2-4H2,1H3. The van der Waals surface area contributed by atoms with Gasteiger partial charge in [0.1, 0.15) is 6.61 Å². The van der Waals surface area contributed by atoms with E-state index in [9.17, 15) is 9.90 Å². The summed E-state index contributed by atoms with van der Waals surface area (Å²) in [6.07, 6.45) is 0.319. The van der Waals surface area contributed by atoms with Crippen LogP contribution in [-0.4, -0.2) is 36.9 Å². The van der Waals surface area contributed by atoms with Crippen molar-refractivity contribution in [1.29, 1.82) is 0 Å². The van der Waals surface area contributed by atoms with Crippen LogP contribution in [0.4, 0.5) is 0 Å². The molecule has 5 heteroatoms. The monoisotopic (exact) mass is 161 g/mol. The van der Waals surface area contributed by atoms with Crippen molar-refractivity contribution in [2.24, 2.45) is 0 Å². The number of carbonyl (C=O) groups is 1.